The van der Waals surface area contributed by atoms with E-state index in [1.807, 2.05) is 42.7 Å². The lowest BCUT2D eigenvalue weighted by Gasteiger charge is -2.01. The first-order chi connectivity index (χ1) is 8.40. The molecule has 0 N–H and O–H groups in total. The van der Waals surface area contributed by atoms with Crippen LogP contribution in [-0.4, -0.2) is 9.55 Å². The van der Waals surface area contributed by atoms with E-state index < -0.39 is 0 Å². The van der Waals surface area contributed by atoms with Gasteiger partial charge in [-0.2, -0.15) is 0 Å². The molecule has 2 heteroatoms. The average molecular weight is 224 g/mol. The fraction of sp³-hybridized carbons (Fsp3) is 0.267. The van der Waals surface area contributed by atoms with Crippen molar-refractivity contribution in [2.24, 2.45) is 0 Å². The second-order valence-corrected chi connectivity index (χ2v) is 3.89. The van der Waals surface area contributed by atoms with Crippen LogP contribution in [0.2, 0.25) is 0 Å². The van der Waals surface area contributed by atoms with Gasteiger partial charge in [-0.25, -0.2) is 4.98 Å². The highest BCUT2D eigenvalue weighted by Crippen LogP contribution is 2.01. The minimum absolute atomic E-state index is 0.713. The van der Waals surface area contributed by atoms with Crippen molar-refractivity contribution in [2.75, 3.05) is 0 Å². The van der Waals surface area contributed by atoms with Crippen molar-refractivity contribution in [1.82, 2.24) is 9.55 Å². The summed E-state index contributed by atoms with van der Waals surface area (Å²) < 4.78 is 2.11. The molecule has 0 radical (unpaired) electrons. The maximum absolute atomic E-state index is 4.33. The Morgan fingerprint density at radius 2 is 2.06 bits per heavy atom. The molecular formula is C15H16N2. The molecule has 1 aromatic carbocycles. The van der Waals surface area contributed by atoms with Gasteiger partial charge < -0.3 is 4.57 Å². The zero-order valence-corrected chi connectivity index (χ0v) is 10.1. The number of nitrogens with zero attached hydrogens (tertiary/aromatic N) is 2. The van der Waals surface area contributed by atoms with E-state index in [2.05, 4.69) is 28.3 Å². The molecule has 0 saturated carbocycles. The molecule has 1 heterocycles. The molecule has 0 aliphatic carbocycles. The molecule has 2 nitrogen and oxygen atoms in total. The van der Waals surface area contributed by atoms with Gasteiger partial charge in [-0.15, -0.1) is 0 Å². The predicted molar refractivity (Wildman–Crippen MR) is 69.5 cm³/mol. The summed E-state index contributed by atoms with van der Waals surface area (Å²) in [5.41, 5.74) is 1.06. The third kappa shape index (κ3) is 3.22. The van der Waals surface area contributed by atoms with E-state index in [1.54, 1.807) is 0 Å². The summed E-state index contributed by atoms with van der Waals surface area (Å²) in [6.07, 6.45) is 5.96. The zero-order valence-electron chi connectivity index (χ0n) is 10.1. The van der Waals surface area contributed by atoms with E-state index in [0.29, 0.717) is 6.54 Å². The van der Waals surface area contributed by atoms with Crippen molar-refractivity contribution in [1.29, 1.82) is 0 Å². The SMILES string of the molecule is CCCc1nccn1CC#Cc1ccccc1. The summed E-state index contributed by atoms with van der Waals surface area (Å²) in [4.78, 5) is 4.33. The Hall–Kier alpha value is -2.01. The fourth-order valence-corrected chi connectivity index (χ4v) is 1.68. The van der Waals surface area contributed by atoms with Gasteiger partial charge in [0.15, 0.2) is 0 Å². The number of imidazole rings is 1. The molecule has 2 rings (SSSR count). The molecule has 0 saturated heterocycles. The molecular weight excluding hydrogens is 208 g/mol. The Morgan fingerprint density at radius 1 is 1.24 bits per heavy atom. The van der Waals surface area contributed by atoms with Crippen LogP contribution in [0.1, 0.15) is 24.7 Å². The van der Waals surface area contributed by atoms with Gasteiger partial charge in [-0.05, 0) is 18.6 Å². The van der Waals surface area contributed by atoms with Gasteiger partial charge in [0, 0.05) is 24.4 Å². The number of hydrogen-bond donors (Lipinski definition) is 0. The lowest BCUT2D eigenvalue weighted by Crippen LogP contribution is -2.01. The van der Waals surface area contributed by atoms with Crippen molar-refractivity contribution in [3.8, 4) is 11.8 Å². The standard InChI is InChI=1S/C15H16N2/c1-2-7-15-16-11-13-17(15)12-6-10-14-8-4-3-5-9-14/h3-5,8-9,11,13H,2,7,12H2,1H3. The normalized spacial score (nSPS) is 9.71. The molecule has 0 bridgehead atoms. The third-order valence-corrected chi connectivity index (χ3v) is 2.53. The Labute approximate surface area is 102 Å². The minimum atomic E-state index is 0.713. The molecule has 0 aliphatic rings. The largest absolute Gasteiger partial charge is 0.323 e. The highest BCUT2D eigenvalue weighted by Gasteiger charge is 1.98. The van der Waals surface area contributed by atoms with Crippen LogP contribution < -0.4 is 0 Å². The van der Waals surface area contributed by atoms with Gasteiger partial charge >= 0.3 is 0 Å². The van der Waals surface area contributed by atoms with Crippen LogP contribution in [0.4, 0.5) is 0 Å². The smallest absolute Gasteiger partial charge is 0.109 e. The summed E-state index contributed by atoms with van der Waals surface area (Å²) in [7, 11) is 0. The molecule has 0 amide bonds. The quantitative estimate of drug-likeness (QED) is 0.733. The number of aryl methyl sites for hydroxylation is 1. The van der Waals surface area contributed by atoms with Crippen LogP contribution in [0.25, 0.3) is 0 Å². The van der Waals surface area contributed by atoms with Crippen molar-refractivity contribution in [2.45, 2.75) is 26.3 Å². The second kappa shape index (κ2) is 5.91. The van der Waals surface area contributed by atoms with Gasteiger partial charge in [0.1, 0.15) is 5.82 Å². The molecule has 0 atom stereocenters. The summed E-state index contributed by atoms with van der Waals surface area (Å²) in [5.74, 6) is 7.45. The Morgan fingerprint density at radius 3 is 2.82 bits per heavy atom. The van der Waals surface area contributed by atoms with Crippen molar-refractivity contribution in [3.05, 3.63) is 54.1 Å². The first-order valence-electron chi connectivity index (χ1n) is 5.94. The molecule has 0 aliphatic heterocycles. The monoisotopic (exact) mass is 224 g/mol. The van der Waals surface area contributed by atoms with E-state index in [9.17, 15) is 0 Å². The summed E-state index contributed by atoms with van der Waals surface area (Å²) in [6.45, 7) is 2.87. The molecule has 2 aromatic rings. The third-order valence-electron chi connectivity index (χ3n) is 2.53. The van der Waals surface area contributed by atoms with E-state index in [4.69, 9.17) is 0 Å². The van der Waals surface area contributed by atoms with Gasteiger partial charge in [0.05, 0.1) is 6.54 Å². The predicted octanol–water partition coefficient (Wildman–Crippen LogP) is 2.89. The Kier molecular flexibility index (Phi) is 3.99. The maximum atomic E-state index is 4.33. The van der Waals surface area contributed by atoms with Crippen LogP contribution in [-0.2, 0) is 13.0 Å². The van der Waals surface area contributed by atoms with Crippen LogP contribution in [0, 0.1) is 11.8 Å². The molecule has 17 heavy (non-hydrogen) atoms. The molecule has 0 fully saturated rings. The van der Waals surface area contributed by atoms with E-state index in [0.717, 1.165) is 24.2 Å². The molecule has 86 valence electrons. The lowest BCUT2D eigenvalue weighted by molar-refractivity contribution is 0.726. The van der Waals surface area contributed by atoms with Crippen LogP contribution in [0.15, 0.2) is 42.7 Å². The topological polar surface area (TPSA) is 17.8 Å². The summed E-state index contributed by atoms with van der Waals surface area (Å²) in [5, 5.41) is 0. The highest BCUT2D eigenvalue weighted by atomic mass is 15.0. The summed E-state index contributed by atoms with van der Waals surface area (Å²) in [6, 6.07) is 10.1. The maximum Gasteiger partial charge on any atom is 0.109 e. The van der Waals surface area contributed by atoms with Gasteiger partial charge in [-0.1, -0.05) is 37.0 Å². The number of aromatic nitrogens is 2. The first-order valence-corrected chi connectivity index (χ1v) is 5.94. The number of hydrogen-bond acceptors (Lipinski definition) is 1. The van der Waals surface area contributed by atoms with E-state index in [1.165, 1.54) is 0 Å². The number of rotatable bonds is 3. The van der Waals surface area contributed by atoms with Crippen molar-refractivity contribution in [3.63, 3.8) is 0 Å². The first kappa shape index (κ1) is 11.5. The van der Waals surface area contributed by atoms with Crippen LogP contribution in [0.3, 0.4) is 0 Å². The fourth-order valence-electron chi connectivity index (χ4n) is 1.68. The minimum Gasteiger partial charge on any atom is -0.323 e. The zero-order chi connectivity index (χ0) is 11.9. The molecule has 0 unspecified atom stereocenters. The molecule has 1 aromatic heterocycles. The van der Waals surface area contributed by atoms with Gasteiger partial charge in [0.2, 0.25) is 0 Å². The summed E-state index contributed by atoms with van der Waals surface area (Å²) >= 11 is 0. The van der Waals surface area contributed by atoms with Gasteiger partial charge in [0.25, 0.3) is 0 Å². The van der Waals surface area contributed by atoms with Crippen LogP contribution in [0.5, 0.6) is 0 Å². The van der Waals surface area contributed by atoms with Gasteiger partial charge in [-0.3, -0.25) is 0 Å². The molecule has 0 spiro atoms. The van der Waals surface area contributed by atoms with Crippen molar-refractivity contribution >= 4 is 0 Å². The van der Waals surface area contributed by atoms with Crippen molar-refractivity contribution < 1.29 is 0 Å². The lowest BCUT2D eigenvalue weighted by atomic mass is 10.2. The van der Waals surface area contributed by atoms with E-state index >= 15 is 0 Å². The van der Waals surface area contributed by atoms with Crippen LogP contribution >= 0.6 is 0 Å². The Bertz CT molecular complexity index is 515. The highest BCUT2D eigenvalue weighted by molar-refractivity contribution is 5.33. The second-order valence-electron chi connectivity index (χ2n) is 3.89. The van der Waals surface area contributed by atoms with E-state index in [-0.39, 0.29) is 0 Å². The Balaban J connectivity index is 2.03. The number of benzene rings is 1. The average Bonchev–Trinajstić information content (AvgIpc) is 2.79.